The summed E-state index contributed by atoms with van der Waals surface area (Å²) in [6.45, 7) is 9.98. The van der Waals surface area contributed by atoms with Crippen LogP contribution in [0, 0.1) is 0 Å². The zero-order valence-corrected chi connectivity index (χ0v) is 17.8. The van der Waals surface area contributed by atoms with Gasteiger partial charge in [0, 0.05) is 51.1 Å². The van der Waals surface area contributed by atoms with Crippen molar-refractivity contribution in [3.63, 3.8) is 0 Å². The first kappa shape index (κ1) is 22.9. The third-order valence-electron chi connectivity index (χ3n) is 4.67. The largest absolute Gasteiger partial charge is 0.444 e. The molecule has 0 saturated carbocycles. The van der Waals surface area contributed by atoms with Crippen molar-refractivity contribution in [1.82, 2.24) is 15.1 Å². The molecule has 1 N–H and O–H groups in total. The molecular formula is C22H33N3O4. The fraction of sp³-hybridized carbons (Fsp3) is 0.591. The van der Waals surface area contributed by atoms with Gasteiger partial charge in [-0.3, -0.25) is 14.5 Å². The number of carbonyl (C=O) groups excluding carboxylic acids is 3. The van der Waals surface area contributed by atoms with Gasteiger partial charge in [-0.15, -0.1) is 0 Å². The molecule has 160 valence electrons. The Labute approximate surface area is 173 Å². The van der Waals surface area contributed by atoms with Crippen LogP contribution in [-0.2, 0) is 9.53 Å². The molecule has 1 aromatic carbocycles. The van der Waals surface area contributed by atoms with E-state index in [9.17, 15) is 14.4 Å². The van der Waals surface area contributed by atoms with Crippen LogP contribution in [0.25, 0.3) is 0 Å². The van der Waals surface area contributed by atoms with Gasteiger partial charge in [0.1, 0.15) is 5.60 Å². The second-order valence-corrected chi connectivity index (χ2v) is 8.30. The molecule has 7 nitrogen and oxygen atoms in total. The lowest BCUT2D eigenvalue weighted by Gasteiger charge is -2.35. The third kappa shape index (κ3) is 8.64. The Morgan fingerprint density at radius 2 is 1.66 bits per heavy atom. The normalized spacial score (nSPS) is 15.1. The summed E-state index contributed by atoms with van der Waals surface area (Å²) in [6, 6.07) is 9.04. The molecule has 1 heterocycles. The van der Waals surface area contributed by atoms with Crippen LogP contribution in [0.4, 0.5) is 4.79 Å². The van der Waals surface area contributed by atoms with Crippen molar-refractivity contribution in [3.8, 4) is 0 Å². The molecule has 0 aliphatic carbocycles. The summed E-state index contributed by atoms with van der Waals surface area (Å²) >= 11 is 0. The van der Waals surface area contributed by atoms with Crippen molar-refractivity contribution in [2.75, 3.05) is 39.3 Å². The van der Waals surface area contributed by atoms with Gasteiger partial charge in [-0.25, -0.2) is 4.79 Å². The highest BCUT2D eigenvalue weighted by Crippen LogP contribution is 2.12. The summed E-state index contributed by atoms with van der Waals surface area (Å²) in [5.41, 5.74) is 0.170. The highest BCUT2D eigenvalue weighted by Gasteiger charge is 2.25. The van der Waals surface area contributed by atoms with Crippen molar-refractivity contribution in [3.05, 3.63) is 35.9 Å². The van der Waals surface area contributed by atoms with E-state index in [1.54, 1.807) is 17.0 Å². The zero-order chi connectivity index (χ0) is 21.3. The molecule has 1 aromatic rings. The Morgan fingerprint density at radius 3 is 2.28 bits per heavy atom. The van der Waals surface area contributed by atoms with Gasteiger partial charge in [0.15, 0.2) is 5.78 Å². The average Bonchev–Trinajstić information content (AvgIpc) is 2.69. The Balaban J connectivity index is 1.55. The highest BCUT2D eigenvalue weighted by molar-refractivity contribution is 5.97. The van der Waals surface area contributed by atoms with E-state index in [4.69, 9.17) is 4.74 Å². The van der Waals surface area contributed by atoms with Crippen molar-refractivity contribution in [1.29, 1.82) is 0 Å². The van der Waals surface area contributed by atoms with E-state index in [0.717, 1.165) is 26.1 Å². The van der Waals surface area contributed by atoms with Crippen LogP contribution in [0.3, 0.4) is 0 Å². The molecule has 0 unspecified atom stereocenters. The first-order valence-corrected chi connectivity index (χ1v) is 10.3. The first-order chi connectivity index (χ1) is 13.7. The maximum atomic E-state index is 12.1. The second-order valence-electron chi connectivity index (χ2n) is 8.30. The van der Waals surface area contributed by atoms with E-state index >= 15 is 0 Å². The molecule has 7 heteroatoms. The average molecular weight is 404 g/mol. The molecule has 0 bridgehead atoms. The van der Waals surface area contributed by atoms with Crippen molar-refractivity contribution in [2.24, 2.45) is 0 Å². The van der Waals surface area contributed by atoms with Gasteiger partial charge < -0.3 is 15.0 Å². The molecule has 1 fully saturated rings. The Bertz CT molecular complexity index is 677. The van der Waals surface area contributed by atoms with E-state index in [0.29, 0.717) is 25.2 Å². The smallest absolute Gasteiger partial charge is 0.410 e. The number of piperazine rings is 1. The van der Waals surface area contributed by atoms with Crippen LogP contribution in [0.15, 0.2) is 30.3 Å². The summed E-state index contributed by atoms with van der Waals surface area (Å²) < 4.78 is 5.40. The minimum absolute atomic E-state index is 0.0105. The summed E-state index contributed by atoms with van der Waals surface area (Å²) in [7, 11) is 0. The van der Waals surface area contributed by atoms with Gasteiger partial charge >= 0.3 is 6.09 Å². The molecule has 2 amide bonds. The standard InChI is InChI=1S/C22H33N3O4/c1-22(2,3)29-21(28)25-16-14-24(15-17-25)13-7-12-23-20(27)11-10-19(26)18-8-5-4-6-9-18/h4-6,8-9H,7,10-17H2,1-3H3,(H,23,27). The van der Waals surface area contributed by atoms with Crippen LogP contribution in [-0.4, -0.2) is 72.5 Å². The van der Waals surface area contributed by atoms with Gasteiger partial charge in [0.25, 0.3) is 0 Å². The van der Waals surface area contributed by atoms with E-state index in [1.807, 2.05) is 39.0 Å². The topological polar surface area (TPSA) is 79.0 Å². The number of hydrogen-bond acceptors (Lipinski definition) is 5. The SMILES string of the molecule is CC(C)(C)OC(=O)N1CCN(CCCNC(=O)CCC(=O)c2ccccc2)CC1. The minimum Gasteiger partial charge on any atom is -0.444 e. The number of ketones is 1. The molecule has 0 spiro atoms. The molecule has 1 aliphatic heterocycles. The third-order valence-corrected chi connectivity index (χ3v) is 4.67. The van der Waals surface area contributed by atoms with Gasteiger partial charge in [-0.1, -0.05) is 30.3 Å². The van der Waals surface area contributed by atoms with E-state index < -0.39 is 5.60 Å². The zero-order valence-electron chi connectivity index (χ0n) is 17.8. The quantitative estimate of drug-likeness (QED) is 0.533. The van der Waals surface area contributed by atoms with Crippen LogP contribution < -0.4 is 5.32 Å². The lowest BCUT2D eigenvalue weighted by Crippen LogP contribution is -2.50. The monoisotopic (exact) mass is 403 g/mol. The van der Waals surface area contributed by atoms with Crippen molar-refractivity contribution in [2.45, 2.75) is 45.6 Å². The van der Waals surface area contributed by atoms with Gasteiger partial charge in [0.2, 0.25) is 5.91 Å². The van der Waals surface area contributed by atoms with Gasteiger partial charge in [-0.2, -0.15) is 0 Å². The Morgan fingerprint density at radius 1 is 1.00 bits per heavy atom. The predicted octanol–water partition coefficient (Wildman–Crippen LogP) is 2.71. The van der Waals surface area contributed by atoms with Crippen LogP contribution in [0.2, 0.25) is 0 Å². The fourth-order valence-electron chi connectivity index (χ4n) is 3.09. The molecule has 0 aromatic heterocycles. The number of Topliss-reactive ketones (excluding diaryl/α,β-unsaturated/α-hetero) is 1. The maximum Gasteiger partial charge on any atom is 0.410 e. The number of benzene rings is 1. The van der Waals surface area contributed by atoms with Gasteiger partial charge in [0.05, 0.1) is 0 Å². The number of carbonyl (C=O) groups is 3. The number of nitrogens with zero attached hydrogens (tertiary/aromatic N) is 2. The number of amides is 2. The molecule has 0 atom stereocenters. The summed E-state index contributed by atoms with van der Waals surface area (Å²) in [6.07, 6.45) is 1.02. The number of hydrogen-bond donors (Lipinski definition) is 1. The number of nitrogens with one attached hydrogen (secondary N) is 1. The summed E-state index contributed by atoms with van der Waals surface area (Å²) in [4.78, 5) is 40.0. The van der Waals surface area contributed by atoms with Crippen LogP contribution in [0.1, 0.15) is 50.4 Å². The lowest BCUT2D eigenvalue weighted by atomic mass is 10.1. The molecule has 0 radical (unpaired) electrons. The Hall–Kier alpha value is -2.41. The van der Waals surface area contributed by atoms with E-state index in [2.05, 4.69) is 10.2 Å². The van der Waals surface area contributed by atoms with Crippen LogP contribution >= 0.6 is 0 Å². The Kier molecular flexibility index (Phi) is 8.64. The van der Waals surface area contributed by atoms with E-state index in [1.165, 1.54) is 0 Å². The van der Waals surface area contributed by atoms with Crippen LogP contribution in [0.5, 0.6) is 0 Å². The molecule has 1 aliphatic rings. The first-order valence-electron chi connectivity index (χ1n) is 10.3. The molecule has 29 heavy (non-hydrogen) atoms. The van der Waals surface area contributed by atoms with Gasteiger partial charge in [-0.05, 0) is 33.7 Å². The number of ether oxygens (including phenoxy) is 1. The highest BCUT2D eigenvalue weighted by atomic mass is 16.6. The van der Waals surface area contributed by atoms with E-state index in [-0.39, 0.29) is 30.6 Å². The summed E-state index contributed by atoms with van der Waals surface area (Å²) in [5, 5.41) is 2.88. The van der Waals surface area contributed by atoms with Crippen molar-refractivity contribution < 1.29 is 19.1 Å². The number of rotatable bonds is 8. The molecular weight excluding hydrogens is 370 g/mol. The van der Waals surface area contributed by atoms with Crippen molar-refractivity contribution >= 4 is 17.8 Å². The summed E-state index contributed by atoms with van der Waals surface area (Å²) in [5.74, 6) is -0.104. The maximum absolute atomic E-state index is 12.1. The minimum atomic E-state index is -0.474. The fourth-order valence-corrected chi connectivity index (χ4v) is 3.09. The predicted molar refractivity (Wildman–Crippen MR) is 112 cm³/mol. The second kappa shape index (κ2) is 11.0. The lowest BCUT2D eigenvalue weighted by molar-refractivity contribution is -0.121. The molecule has 1 saturated heterocycles. The molecule has 2 rings (SSSR count).